The average Bonchev–Trinajstić information content (AvgIpc) is 2.45. The number of carbonyl (C=O) groups excluding carboxylic acids is 1. The third-order valence-corrected chi connectivity index (χ3v) is 5.84. The van der Waals surface area contributed by atoms with Crippen LogP contribution in [0.15, 0.2) is 24.3 Å². The van der Waals surface area contributed by atoms with E-state index in [-0.39, 0.29) is 23.5 Å². The van der Waals surface area contributed by atoms with Crippen LogP contribution in [0.4, 0.5) is 0 Å². The van der Waals surface area contributed by atoms with Crippen molar-refractivity contribution >= 4 is 15.7 Å². The van der Waals surface area contributed by atoms with Crippen molar-refractivity contribution in [3.05, 3.63) is 35.4 Å². The Morgan fingerprint density at radius 2 is 1.95 bits per heavy atom. The number of amides is 1. The lowest BCUT2D eigenvalue weighted by molar-refractivity contribution is -0.129. The van der Waals surface area contributed by atoms with E-state index >= 15 is 0 Å². The third-order valence-electron chi connectivity index (χ3n) is 4.12. The highest BCUT2D eigenvalue weighted by atomic mass is 32.2. The SMILES string of the molecule is CCCS(=O)(=O)CC(=O)N(C)[C@H]1CCc2ccccc2C1. The van der Waals surface area contributed by atoms with Gasteiger partial charge in [0.1, 0.15) is 5.75 Å². The van der Waals surface area contributed by atoms with E-state index in [0.717, 1.165) is 19.3 Å². The number of hydrogen-bond donors (Lipinski definition) is 0. The van der Waals surface area contributed by atoms with Crippen molar-refractivity contribution in [2.45, 2.75) is 38.6 Å². The molecule has 1 aliphatic rings. The molecule has 0 bridgehead atoms. The number of likely N-dealkylation sites (N-methyl/N-ethyl adjacent to an activating group) is 1. The van der Waals surface area contributed by atoms with Crippen LogP contribution in [0.3, 0.4) is 0 Å². The van der Waals surface area contributed by atoms with E-state index in [0.29, 0.717) is 6.42 Å². The van der Waals surface area contributed by atoms with Crippen molar-refractivity contribution < 1.29 is 13.2 Å². The summed E-state index contributed by atoms with van der Waals surface area (Å²) in [4.78, 5) is 13.8. The molecule has 2 rings (SSSR count). The second-order valence-corrected chi connectivity index (χ2v) is 7.95. The number of rotatable bonds is 5. The fraction of sp³-hybridized carbons (Fsp3) is 0.562. The summed E-state index contributed by atoms with van der Waals surface area (Å²) < 4.78 is 23.6. The topological polar surface area (TPSA) is 54.5 Å². The largest absolute Gasteiger partial charge is 0.342 e. The van der Waals surface area contributed by atoms with Crippen LogP contribution in [0.1, 0.15) is 30.9 Å². The molecular formula is C16H23NO3S. The van der Waals surface area contributed by atoms with Crippen LogP contribution in [0.2, 0.25) is 0 Å². The summed E-state index contributed by atoms with van der Waals surface area (Å²) >= 11 is 0. The van der Waals surface area contributed by atoms with Gasteiger partial charge in [-0.25, -0.2) is 8.42 Å². The molecule has 0 N–H and O–H groups in total. The lowest BCUT2D eigenvalue weighted by Crippen LogP contribution is -2.43. The maximum Gasteiger partial charge on any atom is 0.237 e. The summed E-state index contributed by atoms with van der Waals surface area (Å²) in [6.07, 6.45) is 3.20. The summed E-state index contributed by atoms with van der Waals surface area (Å²) in [6, 6.07) is 8.36. The predicted octanol–water partition coefficient (Wildman–Crippen LogP) is 1.83. The molecule has 0 saturated heterocycles. The Morgan fingerprint density at radius 1 is 1.29 bits per heavy atom. The van der Waals surface area contributed by atoms with Gasteiger partial charge in [0.15, 0.2) is 9.84 Å². The fourth-order valence-corrected chi connectivity index (χ4v) is 4.23. The lowest BCUT2D eigenvalue weighted by Gasteiger charge is -2.32. The van der Waals surface area contributed by atoms with Crippen LogP contribution in [0.25, 0.3) is 0 Å². The Hall–Kier alpha value is -1.36. The standard InChI is InChI=1S/C16H23NO3S/c1-3-10-21(19,20)12-16(18)17(2)15-9-8-13-6-4-5-7-14(13)11-15/h4-7,15H,3,8-12H2,1-2H3/t15-/m0/s1. The maximum atomic E-state index is 12.2. The highest BCUT2D eigenvalue weighted by molar-refractivity contribution is 7.92. The van der Waals surface area contributed by atoms with Gasteiger partial charge in [0.25, 0.3) is 0 Å². The molecule has 116 valence electrons. The Kier molecular flexibility index (Phi) is 5.04. The van der Waals surface area contributed by atoms with Crippen LogP contribution in [-0.4, -0.2) is 43.8 Å². The zero-order valence-electron chi connectivity index (χ0n) is 12.7. The van der Waals surface area contributed by atoms with Gasteiger partial charge in [-0.3, -0.25) is 4.79 Å². The first-order valence-corrected chi connectivity index (χ1v) is 9.28. The first kappa shape index (κ1) is 16.0. The molecule has 0 heterocycles. The summed E-state index contributed by atoms with van der Waals surface area (Å²) in [7, 11) is -1.54. The molecule has 0 aromatic heterocycles. The molecule has 1 atom stereocenters. The summed E-state index contributed by atoms with van der Waals surface area (Å²) in [5, 5.41) is 0. The number of benzene rings is 1. The number of fused-ring (bicyclic) bond motifs is 1. The highest BCUT2D eigenvalue weighted by Crippen LogP contribution is 2.24. The summed E-state index contributed by atoms with van der Waals surface area (Å²) in [5.41, 5.74) is 2.61. The van der Waals surface area contributed by atoms with Crippen LogP contribution in [0, 0.1) is 0 Å². The second-order valence-electron chi connectivity index (χ2n) is 5.76. The number of hydrogen-bond acceptors (Lipinski definition) is 3. The molecule has 0 spiro atoms. The summed E-state index contributed by atoms with van der Waals surface area (Å²) in [6.45, 7) is 1.81. The predicted molar refractivity (Wildman–Crippen MR) is 84.0 cm³/mol. The van der Waals surface area contributed by atoms with Crippen molar-refractivity contribution in [2.24, 2.45) is 0 Å². The molecule has 4 nitrogen and oxygen atoms in total. The first-order chi connectivity index (χ1) is 9.93. The molecule has 5 heteroatoms. The van der Waals surface area contributed by atoms with E-state index < -0.39 is 9.84 Å². The first-order valence-electron chi connectivity index (χ1n) is 7.46. The minimum absolute atomic E-state index is 0.0834. The molecule has 21 heavy (non-hydrogen) atoms. The molecule has 0 aliphatic heterocycles. The zero-order chi connectivity index (χ0) is 15.5. The van der Waals surface area contributed by atoms with E-state index in [1.807, 2.05) is 19.1 Å². The maximum absolute atomic E-state index is 12.2. The lowest BCUT2D eigenvalue weighted by atomic mass is 9.88. The molecular weight excluding hydrogens is 286 g/mol. The monoisotopic (exact) mass is 309 g/mol. The normalized spacial score (nSPS) is 18.1. The van der Waals surface area contributed by atoms with Crippen molar-refractivity contribution in [2.75, 3.05) is 18.6 Å². The third kappa shape index (κ3) is 4.06. The Morgan fingerprint density at radius 3 is 2.62 bits per heavy atom. The Bertz CT molecular complexity index is 610. The summed E-state index contributed by atoms with van der Waals surface area (Å²) in [5.74, 6) is -0.567. The number of aryl methyl sites for hydroxylation is 1. The van der Waals surface area contributed by atoms with Crippen molar-refractivity contribution in [3.8, 4) is 0 Å². The quantitative estimate of drug-likeness (QED) is 0.834. The van der Waals surface area contributed by atoms with Gasteiger partial charge in [0, 0.05) is 13.1 Å². The Labute approximate surface area is 127 Å². The number of nitrogens with zero attached hydrogens (tertiary/aromatic N) is 1. The molecule has 1 amide bonds. The second kappa shape index (κ2) is 6.60. The van der Waals surface area contributed by atoms with E-state index in [9.17, 15) is 13.2 Å². The number of carbonyl (C=O) groups is 1. The van der Waals surface area contributed by atoms with Gasteiger partial charge in [-0.2, -0.15) is 0 Å². The molecule has 1 aliphatic carbocycles. The van der Waals surface area contributed by atoms with Crippen molar-refractivity contribution in [1.29, 1.82) is 0 Å². The van der Waals surface area contributed by atoms with E-state index in [2.05, 4.69) is 12.1 Å². The van der Waals surface area contributed by atoms with Gasteiger partial charge in [-0.05, 0) is 36.8 Å². The van der Waals surface area contributed by atoms with Gasteiger partial charge in [-0.1, -0.05) is 31.2 Å². The van der Waals surface area contributed by atoms with Gasteiger partial charge >= 0.3 is 0 Å². The molecule has 0 fully saturated rings. The van der Waals surface area contributed by atoms with E-state index in [1.165, 1.54) is 11.1 Å². The molecule has 0 radical (unpaired) electrons. The van der Waals surface area contributed by atoms with Crippen molar-refractivity contribution in [1.82, 2.24) is 4.90 Å². The highest BCUT2D eigenvalue weighted by Gasteiger charge is 2.27. The minimum atomic E-state index is -3.27. The van der Waals surface area contributed by atoms with Gasteiger partial charge in [0.05, 0.1) is 5.75 Å². The molecule has 1 aromatic rings. The molecule has 0 saturated carbocycles. The smallest absolute Gasteiger partial charge is 0.237 e. The van der Waals surface area contributed by atoms with Gasteiger partial charge < -0.3 is 4.90 Å². The zero-order valence-corrected chi connectivity index (χ0v) is 13.5. The van der Waals surface area contributed by atoms with Crippen LogP contribution < -0.4 is 0 Å². The molecule has 1 aromatic carbocycles. The van der Waals surface area contributed by atoms with E-state index in [4.69, 9.17) is 0 Å². The fourth-order valence-electron chi connectivity index (χ4n) is 2.89. The number of sulfone groups is 1. The van der Waals surface area contributed by atoms with Crippen LogP contribution >= 0.6 is 0 Å². The Balaban J connectivity index is 2.01. The van der Waals surface area contributed by atoms with Crippen molar-refractivity contribution in [3.63, 3.8) is 0 Å². The van der Waals surface area contributed by atoms with Gasteiger partial charge in [-0.15, -0.1) is 0 Å². The van der Waals surface area contributed by atoms with Gasteiger partial charge in [0.2, 0.25) is 5.91 Å². The van der Waals surface area contributed by atoms with Crippen LogP contribution in [-0.2, 0) is 27.5 Å². The van der Waals surface area contributed by atoms with Crippen LogP contribution in [0.5, 0.6) is 0 Å². The minimum Gasteiger partial charge on any atom is -0.342 e. The average molecular weight is 309 g/mol. The molecule has 0 unspecified atom stereocenters. The van der Waals surface area contributed by atoms with E-state index in [1.54, 1.807) is 11.9 Å².